The Bertz CT molecular complexity index is 311. The van der Waals surface area contributed by atoms with Crippen molar-refractivity contribution in [1.82, 2.24) is 5.32 Å². The second kappa shape index (κ2) is 7.30. The first-order valence-electron chi connectivity index (χ1n) is 6.25. The van der Waals surface area contributed by atoms with Crippen LogP contribution in [0.25, 0.3) is 0 Å². The number of phenolic OH excluding ortho intramolecular Hbond substituents is 1. The van der Waals surface area contributed by atoms with Crippen LogP contribution in [0.2, 0.25) is 0 Å². The smallest absolute Gasteiger partial charge is 0.115 e. The Hall–Kier alpha value is -1.06. The van der Waals surface area contributed by atoms with Crippen LogP contribution in [-0.2, 0) is 4.74 Å². The van der Waals surface area contributed by atoms with Crippen molar-refractivity contribution in [3.8, 4) is 5.75 Å². The number of phenols is 1. The van der Waals surface area contributed by atoms with Gasteiger partial charge in [0.25, 0.3) is 0 Å². The molecule has 3 heteroatoms. The van der Waals surface area contributed by atoms with Gasteiger partial charge in [-0.2, -0.15) is 0 Å². The predicted molar refractivity (Wildman–Crippen MR) is 70.2 cm³/mol. The highest BCUT2D eigenvalue weighted by atomic mass is 16.5. The van der Waals surface area contributed by atoms with E-state index in [4.69, 9.17) is 4.74 Å². The highest BCUT2D eigenvalue weighted by Gasteiger charge is 2.14. The van der Waals surface area contributed by atoms with Gasteiger partial charge in [0.15, 0.2) is 0 Å². The number of aromatic hydroxyl groups is 1. The van der Waals surface area contributed by atoms with Crippen LogP contribution in [0.15, 0.2) is 24.3 Å². The number of hydrogen-bond donors (Lipinski definition) is 2. The van der Waals surface area contributed by atoms with Gasteiger partial charge in [0.05, 0.1) is 6.61 Å². The molecule has 0 fully saturated rings. The van der Waals surface area contributed by atoms with Crippen LogP contribution in [0.3, 0.4) is 0 Å². The number of ether oxygens (including phenoxy) is 1. The van der Waals surface area contributed by atoms with E-state index in [0.717, 1.165) is 19.4 Å². The molecule has 96 valence electrons. The number of nitrogens with one attached hydrogen (secondary N) is 1. The molecule has 0 heterocycles. The van der Waals surface area contributed by atoms with E-state index in [1.54, 1.807) is 19.2 Å². The molecule has 1 rings (SSSR count). The van der Waals surface area contributed by atoms with Crippen LogP contribution in [0.4, 0.5) is 0 Å². The zero-order valence-corrected chi connectivity index (χ0v) is 10.9. The molecule has 0 saturated carbocycles. The zero-order chi connectivity index (χ0) is 12.7. The first-order valence-corrected chi connectivity index (χ1v) is 6.25. The summed E-state index contributed by atoms with van der Waals surface area (Å²) in [5.74, 6) is 0.313. The minimum absolute atomic E-state index is 0.313. The van der Waals surface area contributed by atoms with Crippen LogP contribution < -0.4 is 5.32 Å². The molecule has 1 aromatic carbocycles. The normalized spacial score (nSPS) is 14.5. The minimum atomic E-state index is 0.313. The largest absolute Gasteiger partial charge is 0.508 e. The molecule has 0 aromatic heterocycles. The number of rotatable bonds is 7. The summed E-state index contributed by atoms with van der Waals surface area (Å²) < 4.78 is 5.19. The van der Waals surface area contributed by atoms with Gasteiger partial charge in [0, 0.05) is 19.2 Å². The predicted octanol–water partition coefficient (Wildman–Crippen LogP) is 2.86. The van der Waals surface area contributed by atoms with Crippen molar-refractivity contribution < 1.29 is 9.84 Å². The highest BCUT2D eigenvalue weighted by Crippen LogP contribution is 2.20. The molecular weight excluding hydrogens is 214 g/mol. The lowest BCUT2D eigenvalue weighted by Gasteiger charge is -2.24. The van der Waals surface area contributed by atoms with Gasteiger partial charge in [0.1, 0.15) is 5.75 Å². The second-order valence-electron chi connectivity index (χ2n) is 4.28. The molecule has 17 heavy (non-hydrogen) atoms. The molecule has 0 aliphatic heterocycles. The average molecular weight is 237 g/mol. The molecule has 0 aliphatic rings. The molecule has 0 spiro atoms. The maximum atomic E-state index is 9.28. The zero-order valence-electron chi connectivity index (χ0n) is 10.9. The topological polar surface area (TPSA) is 41.5 Å². The Morgan fingerprint density at radius 3 is 2.29 bits per heavy atom. The Balaban J connectivity index is 2.67. The summed E-state index contributed by atoms with van der Waals surface area (Å²) in [6.45, 7) is 5.04. The van der Waals surface area contributed by atoms with Crippen molar-refractivity contribution in [2.75, 3.05) is 13.7 Å². The fourth-order valence-electron chi connectivity index (χ4n) is 1.93. The van der Waals surface area contributed by atoms with Crippen molar-refractivity contribution in [3.05, 3.63) is 29.8 Å². The third kappa shape index (κ3) is 4.36. The fraction of sp³-hybridized carbons (Fsp3) is 0.571. The lowest BCUT2D eigenvalue weighted by Crippen LogP contribution is -2.35. The van der Waals surface area contributed by atoms with E-state index < -0.39 is 0 Å². The highest BCUT2D eigenvalue weighted by molar-refractivity contribution is 5.28. The van der Waals surface area contributed by atoms with Crippen molar-refractivity contribution >= 4 is 0 Å². The Morgan fingerprint density at radius 2 is 1.82 bits per heavy atom. The Kier molecular flexibility index (Phi) is 6.01. The Morgan fingerprint density at radius 1 is 1.18 bits per heavy atom. The van der Waals surface area contributed by atoms with E-state index in [9.17, 15) is 5.11 Å². The summed E-state index contributed by atoms with van der Waals surface area (Å²) >= 11 is 0. The molecule has 1 aromatic rings. The molecule has 2 N–H and O–H groups in total. The summed E-state index contributed by atoms with van der Waals surface area (Å²) in [6.07, 6.45) is 2.06. The molecule has 0 bridgehead atoms. The number of benzene rings is 1. The monoisotopic (exact) mass is 237 g/mol. The van der Waals surface area contributed by atoms with Crippen LogP contribution >= 0.6 is 0 Å². The molecule has 0 aliphatic carbocycles. The lowest BCUT2D eigenvalue weighted by molar-refractivity contribution is 0.158. The van der Waals surface area contributed by atoms with Gasteiger partial charge in [-0.25, -0.2) is 0 Å². The summed E-state index contributed by atoms with van der Waals surface area (Å²) in [5, 5.41) is 12.9. The maximum Gasteiger partial charge on any atom is 0.115 e. The molecule has 0 radical (unpaired) electrons. The SMILES string of the molecule is CCC(COC)NC(CC)c1ccc(O)cc1. The molecular formula is C14H23NO2. The van der Waals surface area contributed by atoms with Gasteiger partial charge in [-0.15, -0.1) is 0 Å². The third-order valence-corrected chi connectivity index (χ3v) is 3.00. The van der Waals surface area contributed by atoms with Crippen LogP contribution in [0.1, 0.15) is 38.3 Å². The fourth-order valence-corrected chi connectivity index (χ4v) is 1.93. The standard InChI is InChI=1S/C14H23NO2/c1-4-12(10-17-3)15-14(5-2)11-6-8-13(16)9-7-11/h6-9,12,14-16H,4-5,10H2,1-3H3. The first kappa shape index (κ1) is 14.0. The van der Waals surface area contributed by atoms with Gasteiger partial charge in [-0.1, -0.05) is 26.0 Å². The van der Waals surface area contributed by atoms with E-state index in [-0.39, 0.29) is 0 Å². The first-order chi connectivity index (χ1) is 8.21. The van der Waals surface area contributed by atoms with Gasteiger partial charge in [-0.3, -0.25) is 0 Å². The maximum absolute atomic E-state index is 9.28. The van der Waals surface area contributed by atoms with Crippen LogP contribution in [0, 0.1) is 0 Å². The molecule has 0 saturated heterocycles. The summed E-state index contributed by atoms with van der Waals surface area (Å²) in [4.78, 5) is 0. The van der Waals surface area contributed by atoms with Crippen molar-refractivity contribution in [1.29, 1.82) is 0 Å². The third-order valence-electron chi connectivity index (χ3n) is 3.00. The van der Waals surface area contributed by atoms with E-state index in [1.165, 1.54) is 5.56 Å². The van der Waals surface area contributed by atoms with Gasteiger partial charge in [0.2, 0.25) is 0 Å². The molecule has 2 unspecified atom stereocenters. The lowest BCUT2D eigenvalue weighted by atomic mass is 10.0. The van der Waals surface area contributed by atoms with Gasteiger partial charge < -0.3 is 15.2 Å². The minimum Gasteiger partial charge on any atom is -0.508 e. The molecule has 3 nitrogen and oxygen atoms in total. The summed E-state index contributed by atoms with van der Waals surface area (Å²) in [5.41, 5.74) is 1.21. The average Bonchev–Trinajstić information content (AvgIpc) is 2.36. The van der Waals surface area contributed by atoms with E-state index in [1.807, 2.05) is 12.1 Å². The quantitative estimate of drug-likeness (QED) is 0.766. The van der Waals surface area contributed by atoms with Crippen LogP contribution in [-0.4, -0.2) is 24.9 Å². The summed E-state index contributed by atoms with van der Waals surface area (Å²) in [7, 11) is 1.73. The van der Waals surface area contributed by atoms with Crippen molar-refractivity contribution in [2.45, 2.75) is 38.8 Å². The molecule has 2 atom stereocenters. The van der Waals surface area contributed by atoms with Crippen LogP contribution in [0.5, 0.6) is 5.75 Å². The number of hydrogen-bond acceptors (Lipinski definition) is 3. The molecule has 0 amide bonds. The van der Waals surface area contributed by atoms with Crippen molar-refractivity contribution in [3.63, 3.8) is 0 Å². The van der Waals surface area contributed by atoms with Gasteiger partial charge in [-0.05, 0) is 30.5 Å². The van der Waals surface area contributed by atoms with E-state index in [2.05, 4.69) is 19.2 Å². The summed E-state index contributed by atoms with van der Waals surface area (Å²) in [6, 6.07) is 8.09. The number of methoxy groups -OCH3 is 1. The van der Waals surface area contributed by atoms with E-state index >= 15 is 0 Å². The van der Waals surface area contributed by atoms with Gasteiger partial charge >= 0.3 is 0 Å². The second-order valence-corrected chi connectivity index (χ2v) is 4.28. The Labute approximate surface area is 104 Å². The van der Waals surface area contributed by atoms with E-state index in [0.29, 0.717) is 17.8 Å². The van der Waals surface area contributed by atoms with Crippen molar-refractivity contribution in [2.24, 2.45) is 0 Å².